The predicted octanol–water partition coefficient (Wildman–Crippen LogP) is 3.12. The Morgan fingerprint density at radius 3 is 2.27 bits per heavy atom. The largest absolute Gasteiger partial charge is 0.376 e. The van der Waals surface area contributed by atoms with Crippen LogP contribution < -0.4 is 5.73 Å². The fraction of sp³-hybridized carbons (Fsp3) is 0.846. The first-order valence-corrected chi connectivity index (χ1v) is 5.80. The van der Waals surface area contributed by atoms with Crippen molar-refractivity contribution < 1.29 is 4.74 Å². The van der Waals surface area contributed by atoms with Gasteiger partial charge >= 0.3 is 0 Å². The van der Waals surface area contributed by atoms with Crippen LogP contribution in [0.1, 0.15) is 47.5 Å². The molecule has 0 aromatic rings. The second-order valence-electron chi connectivity index (χ2n) is 5.40. The third-order valence-corrected chi connectivity index (χ3v) is 2.49. The Balaban J connectivity index is 4.29. The molecule has 0 saturated heterocycles. The van der Waals surface area contributed by atoms with Crippen molar-refractivity contribution >= 4 is 0 Å². The van der Waals surface area contributed by atoms with Crippen LogP contribution in [-0.2, 0) is 4.74 Å². The molecule has 0 amide bonds. The lowest BCUT2D eigenvalue weighted by atomic mass is 9.83. The minimum Gasteiger partial charge on any atom is -0.376 e. The lowest BCUT2D eigenvalue weighted by molar-refractivity contribution is -0.0289. The van der Waals surface area contributed by atoms with E-state index in [1.807, 2.05) is 13.8 Å². The van der Waals surface area contributed by atoms with Crippen LogP contribution in [-0.4, -0.2) is 18.8 Å². The van der Waals surface area contributed by atoms with Crippen molar-refractivity contribution in [2.75, 3.05) is 6.61 Å². The molecule has 15 heavy (non-hydrogen) atoms. The average Bonchev–Trinajstić information content (AvgIpc) is 2.08. The zero-order valence-electron chi connectivity index (χ0n) is 11.0. The molecule has 0 saturated carbocycles. The highest BCUT2D eigenvalue weighted by atomic mass is 16.5. The summed E-state index contributed by atoms with van der Waals surface area (Å²) in [6.07, 6.45) is 2.07. The van der Waals surface area contributed by atoms with Crippen LogP contribution >= 0.6 is 0 Å². The summed E-state index contributed by atoms with van der Waals surface area (Å²) in [5.41, 5.74) is 7.46. The van der Waals surface area contributed by atoms with Gasteiger partial charge in [0.25, 0.3) is 0 Å². The molecule has 0 bridgehead atoms. The van der Waals surface area contributed by atoms with Gasteiger partial charge in [0, 0.05) is 12.6 Å². The Bertz CT molecular complexity index is 193. The van der Waals surface area contributed by atoms with Gasteiger partial charge in [-0.1, -0.05) is 26.3 Å². The molecule has 0 rings (SSSR count). The summed E-state index contributed by atoms with van der Waals surface area (Å²) in [5, 5.41) is 0. The summed E-state index contributed by atoms with van der Waals surface area (Å²) in [4.78, 5) is 0. The number of hydrogen-bond acceptors (Lipinski definition) is 2. The normalized spacial score (nSPS) is 16.1. The van der Waals surface area contributed by atoms with Crippen molar-refractivity contribution in [1.82, 2.24) is 0 Å². The van der Waals surface area contributed by atoms with Gasteiger partial charge in [-0.3, -0.25) is 0 Å². The number of ether oxygens (including phenoxy) is 1. The fourth-order valence-electron chi connectivity index (χ4n) is 1.76. The monoisotopic (exact) mass is 213 g/mol. The molecule has 90 valence electrons. The Kier molecular flexibility index (Phi) is 6.15. The van der Waals surface area contributed by atoms with Gasteiger partial charge in [0.2, 0.25) is 0 Å². The van der Waals surface area contributed by atoms with Crippen LogP contribution in [0, 0.1) is 5.41 Å². The van der Waals surface area contributed by atoms with Crippen molar-refractivity contribution in [3.05, 3.63) is 12.2 Å². The molecule has 2 heteroatoms. The predicted molar refractivity (Wildman–Crippen MR) is 66.9 cm³/mol. The quantitative estimate of drug-likeness (QED) is 0.688. The molecule has 0 aliphatic rings. The summed E-state index contributed by atoms with van der Waals surface area (Å²) in [5.74, 6) is 0. The Hall–Kier alpha value is -0.340. The van der Waals surface area contributed by atoms with E-state index >= 15 is 0 Å². The summed E-state index contributed by atoms with van der Waals surface area (Å²) < 4.78 is 5.75. The highest BCUT2D eigenvalue weighted by Crippen LogP contribution is 2.26. The summed E-state index contributed by atoms with van der Waals surface area (Å²) in [6, 6.07) is 0.0987. The van der Waals surface area contributed by atoms with Crippen molar-refractivity contribution in [3.8, 4) is 0 Å². The molecule has 2 unspecified atom stereocenters. The lowest BCUT2D eigenvalue weighted by Gasteiger charge is -2.35. The van der Waals surface area contributed by atoms with E-state index in [0.717, 1.165) is 19.4 Å². The first-order valence-electron chi connectivity index (χ1n) is 5.80. The van der Waals surface area contributed by atoms with E-state index in [2.05, 4.69) is 27.4 Å². The van der Waals surface area contributed by atoms with Crippen LogP contribution in [0.5, 0.6) is 0 Å². The first-order chi connectivity index (χ1) is 6.79. The van der Waals surface area contributed by atoms with Crippen molar-refractivity contribution in [2.24, 2.45) is 11.1 Å². The summed E-state index contributed by atoms with van der Waals surface area (Å²) in [7, 11) is 0. The first kappa shape index (κ1) is 14.7. The smallest absolute Gasteiger partial charge is 0.0773 e. The topological polar surface area (TPSA) is 35.2 Å². The summed E-state index contributed by atoms with van der Waals surface area (Å²) in [6.45, 7) is 15.2. The van der Waals surface area contributed by atoms with E-state index < -0.39 is 0 Å². The number of hydrogen-bond donors (Lipinski definition) is 1. The molecule has 2 atom stereocenters. The highest BCUT2D eigenvalue weighted by Gasteiger charge is 2.30. The van der Waals surface area contributed by atoms with E-state index in [0.29, 0.717) is 0 Å². The van der Waals surface area contributed by atoms with Crippen LogP contribution in [0.4, 0.5) is 0 Å². The third kappa shape index (κ3) is 5.95. The van der Waals surface area contributed by atoms with Crippen LogP contribution in [0.3, 0.4) is 0 Å². The Morgan fingerprint density at radius 2 is 1.93 bits per heavy atom. The fourth-order valence-corrected chi connectivity index (χ4v) is 1.76. The molecule has 0 aromatic heterocycles. The van der Waals surface area contributed by atoms with Gasteiger partial charge in [0.15, 0.2) is 0 Å². The van der Waals surface area contributed by atoms with Gasteiger partial charge in [-0.15, -0.1) is 6.58 Å². The minimum atomic E-state index is 0.0987. The maximum Gasteiger partial charge on any atom is 0.0773 e. The van der Waals surface area contributed by atoms with Crippen molar-refractivity contribution in [1.29, 1.82) is 0 Å². The maximum atomic E-state index is 6.17. The molecule has 0 aliphatic carbocycles. The van der Waals surface area contributed by atoms with Crippen molar-refractivity contribution in [2.45, 2.75) is 59.6 Å². The van der Waals surface area contributed by atoms with Crippen LogP contribution in [0.2, 0.25) is 0 Å². The Morgan fingerprint density at radius 1 is 1.40 bits per heavy atom. The molecule has 2 nitrogen and oxygen atoms in total. The number of allylic oxidation sites excluding steroid dienone is 1. The van der Waals surface area contributed by atoms with Gasteiger partial charge < -0.3 is 10.5 Å². The van der Waals surface area contributed by atoms with E-state index in [-0.39, 0.29) is 17.6 Å². The van der Waals surface area contributed by atoms with Crippen molar-refractivity contribution in [3.63, 3.8) is 0 Å². The lowest BCUT2D eigenvalue weighted by Crippen LogP contribution is -2.45. The Labute approximate surface area is 94.9 Å². The van der Waals surface area contributed by atoms with Gasteiger partial charge in [-0.2, -0.15) is 0 Å². The zero-order chi connectivity index (χ0) is 12.1. The number of nitrogens with two attached hydrogens (primary N) is 1. The average molecular weight is 213 g/mol. The van der Waals surface area contributed by atoms with E-state index in [1.54, 1.807) is 0 Å². The number of rotatable bonds is 6. The van der Waals surface area contributed by atoms with E-state index in [4.69, 9.17) is 10.5 Å². The molecule has 0 heterocycles. The zero-order valence-corrected chi connectivity index (χ0v) is 11.0. The minimum absolute atomic E-state index is 0.0987. The van der Waals surface area contributed by atoms with Crippen LogP contribution in [0.15, 0.2) is 12.2 Å². The molecule has 0 aromatic carbocycles. The second kappa shape index (κ2) is 6.29. The van der Waals surface area contributed by atoms with E-state index in [9.17, 15) is 0 Å². The SMILES string of the molecule is C=C(C)CCC(N)C(OCC)C(C)(C)C. The molecular weight excluding hydrogens is 186 g/mol. The third-order valence-electron chi connectivity index (χ3n) is 2.49. The van der Waals surface area contributed by atoms with Crippen LogP contribution in [0.25, 0.3) is 0 Å². The molecule has 0 fully saturated rings. The highest BCUT2D eigenvalue weighted by molar-refractivity contribution is 4.92. The maximum absolute atomic E-state index is 6.17. The van der Waals surface area contributed by atoms with Gasteiger partial charge in [0.05, 0.1) is 6.10 Å². The molecule has 0 radical (unpaired) electrons. The molecule has 0 aliphatic heterocycles. The molecule has 0 spiro atoms. The standard InChI is InChI=1S/C13H27NO/c1-7-15-12(13(4,5)6)11(14)9-8-10(2)3/h11-12H,2,7-9,14H2,1,3-6H3. The molecular formula is C13H27NO. The van der Waals surface area contributed by atoms with Gasteiger partial charge in [-0.25, -0.2) is 0 Å². The summed E-state index contributed by atoms with van der Waals surface area (Å²) >= 11 is 0. The van der Waals surface area contributed by atoms with Gasteiger partial charge in [0.1, 0.15) is 0 Å². The molecule has 2 N–H and O–H groups in total. The van der Waals surface area contributed by atoms with Gasteiger partial charge in [-0.05, 0) is 32.1 Å². The van der Waals surface area contributed by atoms with E-state index in [1.165, 1.54) is 5.57 Å². The second-order valence-corrected chi connectivity index (χ2v) is 5.40.